The molecular weight excluding hydrogens is 438 g/mol. The van der Waals surface area contributed by atoms with Gasteiger partial charge in [-0.2, -0.15) is 0 Å². The van der Waals surface area contributed by atoms with Crippen molar-refractivity contribution in [3.05, 3.63) is 65.3 Å². The van der Waals surface area contributed by atoms with E-state index in [-0.39, 0.29) is 18.1 Å². The molecule has 10 nitrogen and oxygen atoms in total. The molecule has 0 aliphatic rings. The highest BCUT2D eigenvalue weighted by atomic mass is 16.5. The zero-order chi connectivity index (χ0) is 24.2. The number of ether oxygens (including phenoxy) is 3. The minimum absolute atomic E-state index is 0.212. The van der Waals surface area contributed by atoms with Gasteiger partial charge in [0, 0.05) is 6.07 Å². The summed E-state index contributed by atoms with van der Waals surface area (Å²) in [5, 5.41) is 11.0. The summed E-state index contributed by atoms with van der Waals surface area (Å²) in [6.45, 7) is 3.89. The SMILES string of the molecule is COc1ccc(-c2nc(Cn3nnc(C(=O)Nc4ccccc4OC)c3C)c(C)o2)c(OC)c1. The van der Waals surface area contributed by atoms with Gasteiger partial charge in [0.2, 0.25) is 5.89 Å². The van der Waals surface area contributed by atoms with Crippen LogP contribution >= 0.6 is 0 Å². The molecule has 4 aromatic rings. The number of nitrogens with zero attached hydrogens (tertiary/aromatic N) is 4. The number of benzene rings is 2. The van der Waals surface area contributed by atoms with Gasteiger partial charge in [-0.05, 0) is 38.1 Å². The Bertz CT molecular complexity index is 1330. The topological polar surface area (TPSA) is 114 Å². The molecule has 0 aliphatic heterocycles. The second kappa shape index (κ2) is 9.65. The first-order valence-corrected chi connectivity index (χ1v) is 10.5. The van der Waals surface area contributed by atoms with Gasteiger partial charge >= 0.3 is 0 Å². The molecule has 0 atom stereocenters. The Morgan fingerprint density at radius 1 is 1.03 bits per heavy atom. The standard InChI is InChI=1S/C24H25N5O5/c1-14-22(23(30)25-18-8-6-7-9-20(18)32-4)27-28-29(14)13-19-15(2)34-24(26-19)17-11-10-16(31-3)12-21(17)33-5/h6-12H,13H2,1-5H3,(H,25,30). The molecular formula is C24H25N5O5. The number of hydrogen-bond acceptors (Lipinski definition) is 8. The van der Waals surface area contributed by atoms with Crippen molar-refractivity contribution in [1.29, 1.82) is 0 Å². The molecule has 34 heavy (non-hydrogen) atoms. The van der Waals surface area contributed by atoms with Gasteiger partial charge in [-0.1, -0.05) is 17.3 Å². The average molecular weight is 463 g/mol. The molecule has 0 radical (unpaired) electrons. The third kappa shape index (κ3) is 4.42. The lowest BCUT2D eigenvalue weighted by Gasteiger charge is -2.09. The Morgan fingerprint density at radius 2 is 1.79 bits per heavy atom. The highest BCUT2D eigenvalue weighted by Gasteiger charge is 2.21. The van der Waals surface area contributed by atoms with Crippen LogP contribution in [-0.4, -0.2) is 47.2 Å². The maximum absolute atomic E-state index is 12.8. The summed E-state index contributed by atoms with van der Waals surface area (Å²) in [6, 6.07) is 12.6. The molecule has 0 bridgehead atoms. The predicted octanol–water partition coefficient (Wildman–Crippen LogP) is 3.88. The number of carbonyl (C=O) groups is 1. The van der Waals surface area contributed by atoms with Crippen LogP contribution in [0.25, 0.3) is 11.5 Å². The Balaban J connectivity index is 1.56. The van der Waals surface area contributed by atoms with Gasteiger partial charge in [0.15, 0.2) is 5.69 Å². The fourth-order valence-electron chi connectivity index (χ4n) is 3.46. The highest BCUT2D eigenvalue weighted by Crippen LogP contribution is 2.34. The zero-order valence-electron chi connectivity index (χ0n) is 19.6. The van der Waals surface area contributed by atoms with Crippen LogP contribution in [0.15, 0.2) is 46.9 Å². The Kier molecular flexibility index (Phi) is 6.48. The molecule has 10 heteroatoms. The Labute approximate surface area is 196 Å². The van der Waals surface area contributed by atoms with Gasteiger partial charge in [0.05, 0.1) is 44.8 Å². The minimum atomic E-state index is -0.381. The van der Waals surface area contributed by atoms with Gasteiger partial charge in [0.25, 0.3) is 5.91 Å². The summed E-state index contributed by atoms with van der Waals surface area (Å²) in [4.78, 5) is 17.4. The predicted molar refractivity (Wildman–Crippen MR) is 125 cm³/mol. The van der Waals surface area contributed by atoms with Crippen molar-refractivity contribution in [3.8, 4) is 28.7 Å². The first-order chi connectivity index (χ1) is 16.4. The molecule has 4 rings (SSSR count). The van der Waals surface area contributed by atoms with Crippen molar-refractivity contribution < 1.29 is 23.4 Å². The summed E-state index contributed by atoms with van der Waals surface area (Å²) in [6.07, 6.45) is 0. The maximum Gasteiger partial charge on any atom is 0.278 e. The molecule has 2 aromatic heterocycles. The summed E-state index contributed by atoms with van der Waals surface area (Å²) in [5.74, 6) is 2.47. The number of nitrogens with one attached hydrogen (secondary N) is 1. The van der Waals surface area contributed by atoms with E-state index in [1.165, 1.54) is 0 Å². The third-order valence-electron chi connectivity index (χ3n) is 5.38. The fraction of sp³-hybridized carbons (Fsp3) is 0.250. The third-order valence-corrected chi connectivity index (χ3v) is 5.38. The van der Waals surface area contributed by atoms with Gasteiger partial charge in [-0.15, -0.1) is 5.10 Å². The molecule has 176 valence electrons. The van der Waals surface area contributed by atoms with Crippen molar-refractivity contribution in [2.75, 3.05) is 26.6 Å². The van der Waals surface area contributed by atoms with E-state index in [0.29, 0.717) is 51.5 Å². The lowest BCUT2D eigenvalue weighted by Crippen LogP contribution is -2.15. The summed E-state index contributed by atoms with van der Waals surface area (Å²) >= 11 is 0. The number of carbonyl (C=O) groups excluding carboxylic acids is 1. The summed E-state index contributed by atoms with van der Waals surface area (Å²) in [7, 11) is 4.71. The first-order valence-electron chi connectivity index (χ1n) is 10.5. The van der Waals surface area contributed by atoms with E-state index in [1.807, 2.05) is 31.2 Å². The molecule has 0 aliphatic carbocycles. The van der Waals surface area contributed by atoms with E-state index >= 15 is 0 Å². The quantitative estimate of drug-likeness (QED) is 0.419. The van der Waals surface area contributed by atoms with E-state index in [1.54, 1.807) is 51.1 Å². The number of aryl methyl sites for hydroxylation is 1. The molecule has 2 aromatic carbocycles. The smallest absolute Gasteiger partial charge is 0.278 e. The molecule has 0 unspecified atom stereocenters. The van der Waals surface area contributed by atoms with E-state index in [4.69, 9.17) is 18.6 Å². The van der Waals surface area contributed by atoms with Crippen molar-refractivity contribution in [1.82, 2.24) is 20.0 Å². The van der Waals surface area contributed by atoms with E-state index in [0.717, 1.165) is 0 Å². The maximum atomic E-state index is 12.8. The average Bonchev–Trinajstić information content (AvgIpc) is 3.41. The number of rotatable bonds is 8. The summed E-state index contributed by atoms with van der Waals surface area (Å²) in [5.41, 5.74) is 2.72. The number of anilines is 1. The molecule has 1 amide bonds. The van der Waals surface area contributed by atoms with Crippen LogP contribution in [0.1, 0.15) is 27.6 Å². The number of para-hydroxylation sites is 2. The fourth-order valence-corrected chi connectivity index (χ4v) is 3.46. The number of methoxy groups -OCH3 is 3. The molecule has 0 saturated carbocycles. The van der Waals surface area contributed by atoms with E-state index in [2.05, 4.69) is 20.6 Å². The van der Waals surface area contributed by atoms with Crippen LogP contribution in [0.2, 0.25) is 0 Å². The number of amides is 1. The lowest BCUT2D eigenvalue weighted by molar-refractivity contribution is 0.102. The molecule has 0 spiro atoms. The van der Waals surface area contributed by atoms with Gasteiger partial charge in [-0.25, -0.2) is 9.67 Å². The van der Waals surface area contributed by atoms with Crippen molar-refractivity contribution >= 4 is 11.6 Å². The Morgan fingerprint density at radius 3 is 2.53 bits per heavy atom. The normalized spacial score (nSPS) is 10.7. The monoisotopic (exact) mass is 463 g/mol. The van der Waals surface area contributed by atoms with Crippen molar-refractivity contribution in [3.63, 3.8) is 0 Å². The number of oxazole rings is 1. The number of aromatic nitrogens is 4. The van der Waals surface area contributed by atoms with Gasteiger partial charge in [-0.3, -0.25) is 4.79 Å². The van der Waals surface area contributed by atoms with E-state index < -0.39 is 0 Å². The second-order valence-electron chi connectivity index (χ2n) is 7.42. The van der Waals surface area contributed by atoms with Crippen LogP contribution < -0.4 is 19.5 Å². The number of hydrogen-bond donors (Lipinski definition) is 1. The highest BCUT2D eigenvalue weighted by molar-refractivity contribution is 6.04. The minimum Gasteiger partial charge on any atom is -0.497 e. The molecule has 2 heterocycles. The zero-order valence-corrected chi connectivity index (χ0v) is 19.6. The molecule has 1 N–H and O–H groups in total. The van der Waals surface area contributed by atoms with Gasteiger partial charge in [0.1, 0.15) is 28.7 Å². The van der Waals surface area contributed by atoms with Crippen LogP contribution in [0, 0.1) is 13.8 Å². The van der Waals surface area contributed by atoms with Crippen LogP contribution in [0.5, 0.6) is 17.2 Å². The second-order valence-corrected chi connectivity index (χ2v) is 7.42. The molecule has 0 fully saturated rings. The first kappa shape index (κ1) is 22.8. The lowest BCUT2D eigenvalue weighted by atomic mass is 10.2. The van der Waals surface area contributed by atoms with Crippen LogP contribution in [0.4, 0.5) is 5.69 Å². The van der Waals surface area contributed by atoms with Crippen LogP contribution in [-0.2, 0) is 6.54 Å². The van der Waals surface area contributed by atoms with Crippen LogP contribution in [0.3, 0.4) is 0 Å². The molecule has 0 saturated heterocycles. The van der Waals surface area contributed by atoms with E-state index in [9.17, 15) is 4.79 Å². The van der Waals surface area contributed by atoms with Crippen molar-refractivity contribution in [2.24, 2.45) is 0 Å². The largest absolute Gasteiger partial charge is 0.497 e. The van der Waals surface area contributed by atoms with Crippen molar-refractivity contribution in [2.45, 2.75) is 20.4 Å². The van der Waals surface area contributed by atoms with Gasteiger partial charge < -0.3 is 23.9 Å². The summed E-state index contributed by atoms with van der Waals surface area (Å²) < 4.78 is 23.5. The Hall–Kier alpha value is -4.34.